The summed E-state index contributed by atoms with van der Waals surface area (Å²) in [5.74, 6) is 0.640. The molecule has 168 valence electrons. The molecule has 1 aromatic carbocycles. The number of aliphatic hydroxyl groups excluding tert-OH is 1. The van der Waals surface area contributed by atoms with Crippen LogP contribution in [0.5, 0.6) is 5.75 Å². The number of rotatable bonds is 6. The minimum Gasteiger partial charge on any atom is -0.618 e. The fraction of sp³-hybridized carbons (Fsp3) is 0.458. The Morgan fingerprint density at radius 1 is 1.25 bits per heavy atom. The van der Waals surface area contributed by atoms with E-state index in [4.69, 9.17) is 9.84 Å². The number of ether oxygens (including phenoxy) is 1. The molecule has 32 heavy (non-hydrogen) atoms. The van der Waals surface area contributed by atoms with Gasteiger partial charge in [-0.2, -0.15) is 9.83 Å². The maximum Gasteiger partial charge on any atom is 0.321 e. The van der Waals surface area contributed by atoms with Gasteiger partial charge in [-0.1, -0.05) is 0 Å². The average Bonchev–Trinajstić information content (AvgIpc) is 3.52. The molecule has 0 unspecified atom stereocenters. The SMILES string of the molecule is Cc1cccc(C(=O)Nc2cc3cn([C@H]4CC[C@H](O)CC4)nc3cc2OCC2CC2)[n+]1[O-]. The lowest BCUT2D eigenvalue weighted by Gasteiger charge is -2.25. The van der Waals surface area contributed by atoms with E-state index in [9.17, 15) is 15.1 Å². The Morgan fingerprint density at radius 3 is 2.78 bits per heavy atom. The Bertz CT molecular complexity index is 1150. The molecule has 2 heterocycles. The van der Waals surface area contributed by atoms with Gasteiger partial charge in [0.25, 0.3) is 5.69 Å². The quantitative estimate of drug-likeness (QED) is 0.455. The number of carbonyl (C=O) groups is 1. The number of anilines is 1. The second kappa shape index (κ2) is 8.43. The van der Waals surface area contributed by atoms with Crippen LogP contribution in [-0.4, -0.2) is 33.5 Å². The van der Waals surface area contributed by atoms with E-state index < -0.39 is 5.91 Å². The number of carbonyl (C=O) groups excluding carboxylic acids is 1. The smallest absolute Gasteiger partial charge is 0.321 e. The predicted octanol–water partition coefficient (Wildman–Crippen LogP) is 3.50. The molecule has 0 spiro atoms. The summed E-state index contributed by atoms with van der Waals surface area (Å²) in [6, 6.07) is 8.85. The molecular formula is C24H28N4O4. The molecule has 0 atom stereocenters. The summed E-state index contributed by atoms with van der Waals surface area (Å²) in [5.41, 5.74) is 1.82. The van der Waals surface area contributed by atoms with Crippen LogP contribution in [0.4, 0.5) is 5.69 Å². The number of aliphatic hydroxyl groups is 1. The highest BCUT2D eigenvalue weighted by Crippen LogP contribution is 2.35. The zero-order chi connectivity index (χ0) is 22.2. The highest BCUT2D eigenvalue weighted by molar-refractivity contribution is 6.04. The molecule has 1 amide bonds. The molecule has 2 fully saturated rings. The van der Waals surface area contributed by atoms with Crippen LogP contribution in [0.25, 0.3) is 10.9 Å². The third-order valence-electron chi connectivity index (χ3n) is 6.45. The van der Waals surface area contributed by atoms with Crippen molar-refractivity contribution >= 4 is 22.5 Å². The van der Waals surface area contributed by atoms with Crippen molar-refractivity contribution in [3.8, 4) is 5.75 Å². The van der Waals surface area contributed by atoms with Crippen molar-refractivity contribution in [1.29, 1.82) is 0 Å². The second-order valence-corrected chi connectivity index (χ2v) is 9.03. The van der Waals surface area contributed by atoms with E-state index in [2.05, 4.69) is 5.32 Å². The van der Waals surface area contributed by atoms with Crippen LogP contribution in [0.1, 0.15) is 60.7 Å². The molecule has 2 aliphatic carbocycles. The van der Waals surface area contributed by atoms with Crippen LogP contribution < -0.4 is 14.8 Å². The number of benzene rings is 1. The maximum atomic E-state index is 12.9. The molecule has 2 saturated carbocycles. The number of hydrogen-bond donors (Lipinski definition) is 2. The number of pyridine rings is 1. The molecule has 5 rings (SSSR count). The van der Waals surface area contributed by atoms with Crippen LogP contribution in [0.15, 0.2) is 36.5 Å². The Labute approximate surface area is 186 Å². The largest absolute Gasteiger partial charge is 0.618 e. The average molecular weight is 437 g/mol. The van der Waals surface area contributed by atoms with E-state index in [0.29, 0.717) is 34.4 Å². The van der Waals surface area contributed by atoms with E-state index >= 15 is 0 Å². The van der Waals surface area contributed by atoms with E-state index in [1.54, 1.807) is 19.1 Å². The van der Waals surface area contributed by atoms with Gasteiger partial charge in [0, 0.05) is 36.7 Å². The van der Waals surface area contributed by atoms with Gasteiger partial charge in [0.1, 0.15) is 5.75 Å². The van der Waals surface area contributed by atoms with E-state index in [0.717, 1.165) is 49.4 Å². The summed E-state index contributed by atoms with van der Waals surface area (Å²) in [6.07, 6.45) is 7.43. The van der Waals surface area contributed by atoms with Gasteiger partial charge in [-0.25, -0.2) is 0 Å². The molecule has 0 aliphatic heterocycles. The molecule has 8 heteroatoms. The van der Waals surface area contributed by atoms with Gasteiger partial charge >= 0.3 is 5.91 Å². The number of nitrogens with one attached hydrogen (secondary N) is 1. The first-order valence-corrected chi connectivity index (χ1v) is 11.3. The first-order chi connectivity index (χ1) is 15.5. The van der Waals surface area contributed by atoms with Crippen molar-refractivity contribution in [2.75, 3.05) is 11.9 Å². The molecule has 2 aliphatic rings. The van der Waals surface area contributed by atoms with Gasteiger partial charge in [-0.05, 0) is 56.6 Å². The lowest BCUT2D eigenvalue weighted by molar-refractivity contribution is -0.614. The summed E-state index contributed by atoms with van der Waals surface area (Å²) in [6.45, 7) is 2.26. The summed E-state index contributed by atoms with van der Waals surface area (Å²) in [7, 11) is 0. The van der Waals surface area contributed by atoms with E-state index in [1.165, 1.54) is 6.07 Å². The maximum absolute atomic E-state index is 12.9. The van der Waals surface area contributed by atoms with Gasteiger partial charge in [-0.3, -0.25) is 9.48 Å². The third kappa shape index (κ3) is 4.27. The van der Waals surface area contributed by atoms with Gasteiger partial charge in [0.15, 0.2) is 5.69 Å². The highest BCUT2D eigenvalue weighted by atomic mass is 16.5. The van der Waals surface area contributed by atoms with Crippen LogP contribution in [0.3, 0.4) is 0 Å². The fourth-order valence-corrected chi connectivity index (χ4v) is 4.25. The van der Waals surface area contributed by atoms with Crippen molar-refractivity contribution in [3.05, 3.63) is 53.1 Å². The zero-order valence-electron chi connectivity index (χ0n) is 18.2. The molecule has 8 nitrogen and oxygen atoms in total. The Balaban J connectivity index is 1.45. The molecule has 0 saturated heterocycles. The Hall–Kier alpha value is -3.13. The number of hydrogen-bond acceptors (Lipinski definition) is 5. The fourth-order valence-electron chi connectivity index (χ4n) is 4.25. The standard InChI is InChI=1S/C24H28N4O4/c1-15-3-2-4-22(28(15)31)24(30)25-21-11-17-13-27(18-7-9-19(29)10-8-18)26-20(17)12-23(21)32-14-16-5-6-16/h2-4,11-13,16,18-19,29H,5-10,14H2,1H3,(H,25,30)/t18-,19-. The summed E-state index contributed by atoms with van der Waals surface area (Å²) >= 11 is 0. The minimum absolute atomic E-state index is 0.0368. The second-order valence-electron chi connectivity index (χ2n) is 9.03. The first-order valence-electron chi connectivity index (χ1n) is 11.3. The molecule has 3 aromatic rings. The van der Waals surface area contributed by atoms with Crippen molar-refractivity contribution in [1.82, 2.24) is 9.78 Å². The van der Waals surface area contributed by atoms with Gasteiger partial charge in [0.2, 0.25) is 0 Å². The third-order valence-corrected chi connectivity index (χ3v) is 6.45. The lowest BCUT2D eigenvalue weighted by atomic mass is 9.93. The first kappa shape index (κ1) is 20.8. The summed E-state index contributed by atoms with van der Waals surface area (Å²) in [4.78, 5) is 12.9. The van der Waals surface area contributed by atoms with Crippen molar-refractivity contribution in [2.24, 2.45) is 5.92 Å². The Morgan fingerprint density at radius 2 is 2.03 bits per heavy atom. The Kier molecular flexibility index (Phi) is 5.46. The molecule has 2 N–H and O–H groups in total. The van der Waals surface area contributed by atoms with Crippen LogP contribution in [0.2, 0.25) is 0 Å². The zero-order valence-corrected chi connectivity index (χ0v) is 18.2. The molecule has 0 radical (unpaired) electrons. The van der Waals surface area contributed by atoms with Gasteiger partial charge < -0.3 is 20.4 Å². The summed E-state index contributed by atoms with van der Waals surface area (Å²) < 4.78 is 8.65. The summed E-state index contributed by atoms with van der Waals surface area (Å²) in [5, 5.41) is 30.6. The van der Waals surface area contributed by atoms with E-state index in [-0.39, 0.29) is 17.8 Å². The van der Waals surface area contributed by atoms with Gasteiger partial charge in [0.05, 0.1) is 30.0 Å². The van der Waals surface area contributed by atoms with Crippen molar-refractivity contribution in [2.45, 2.75) is 57.6 Å². The monoisotopic (exact) mass is 436 g/mol. The number of aromatic nitrogens is 3. The number of amides is 1. The van der Waals surface area contributed by atoms with Gasteiger partial charge in [-0.15, -0.1) is 0 Å². The predicted molar refractivity (Wildman–Crippen MR) is 120 cm³/mol. The topological polar surface area (TPSA) is 103 Å². The lowest BCUT2D eigenvalue weighted by Crippen LogP contribution is -2.39. The minimum atomic E-state index is -0.479. The number of aryl methyl sites for hydroxylation is 1. The van der Waals surface area contributed by atoms with E-state index in [1.807, 2.05) is 23.0 Å². The highest BCUT2D eigenvalue weighted by Gasteiger charge is 2.25. The van der Waals surface area contributed by atoms with Crippen molar-refractivity contribution in [3.63, 3.8) is 0 Å². The normalized spacial score (nSPS) is 20.9. The number of nitrogens with zero attached hydrogens (tertiary/aromatic N) is 3. The molecule has 2 aromatic heterocycles. The van der Waals surface area contributed by atoms with Crippen molar-refractivity contribution < 1.29 is 19.4 Å². The molecule has 0 bridgehead atoms. The van der Waals surface area contributed by atoms with Crippen LogP contribution in [-0.2, 0) is 0 Å². The van der Waals surface area contributed by atoms with Crippen LogP contribution >= 0.6 is 0 Å². The van der Waals surface area contributed by atoms with Crippen LogP contribution in [0, 0.1) is 18.0 Å². The number of fused-ring (bicyclic) bond motifs is 1. The molecular weight excluding hydrogens is 408 g/mol.